The predicted octanol–water partition coefficient (Wildman–Crippen LogP) is 1.03. The molecule has 19 heavy (non-hydrogen) atoms. The first-order valence-corrected chi connectivity index (χ1v) is 7.26. The highest BCUT2D eigenvalue weighted by atomic mass is 16.6. The van der Waals surface area contributed by atoms with Crippen molar-refractivity contribution in [3.63, 3.8) is 0 Å². The molecule has 3 saturated heterocycles. The van der Waals surface area contributed by atoms with Gasteiger partial charge in [-0.25, -0.2) is 0 Å². The monoisotopic (exact) mass is 264 g/mol. The second-order valence-electron chi connectivity index (χ2n) is 7.35. The average molecular weight is 264 g/mol. The lowest BCUT2D eigenvalue weighted by molar-refractivity contribution is -0.207. The van der Waals surface area contributed by atoms with Crippen LogP contribution in [0.2, 0.25) is 0 Å². The molecule has 0 aromatic heterocycles. The van der Waals surface area contributed by atoms with Gasteiger partial charge < -0.3 is 19.3 Å². The van der Waals surface area contributed by atoms with Gasteiger partial charge >= 0.3 is 0 Å². The molecule has 4 nitrogen and oxygen atoms in total. The van der Waals surface area contributed by atoms with Gasteiger partial charge in [-0.15, -0.1) is 0 Å². The molecular weight excluding hydrogens is 244 g/mol. The van der Waals surface area contributed by atoms with Gasteiger partial charge in [0.25, 0.3) is 0 Å². The minimum Gasteiger partial charge on any atom is -0.392 e. The van der Waals surface area contributed by atoms with Crippen LogP contribution < -0.4 is 0 Å². The Hall–Kier alpha value is -0.420. The van der Waals surface area contributed by atoms with Crippen molar-refractivity contribution in [3.8, 4) is 0 Å². The number of aliphatic hydroxyl groups is 1. The van der Waals surface area contributed by atoms with Crippen molar-refractivity contribution in [2.45, 2.75) is 63.3 Å². The minimum absolute atomic E-state index is 0.0323. The molecule has 3 heterocycles. The smallest absolute Gasteiger partial charge is 0.126 e. The van der Waals surface area contributed by atoms with Gasteiger partial charge in [-0.1, -0.05) is 19.9 Å². The highest BCUT2D eigenvalue weighted by Crippen LogP contribution is 2.73. The van der Waals surface area contributed by atoms with E-state index < -0.39 is 0 Å². The first-order chi connectivity index (χ1) is 8.95. The summed E-state index contributed by atoms with van der Waals surface area (Å²) in [5, 5.41) is 10.7. The molecule has 4 fully saturated rings. The van der Waals surface area contributed by atoms with Gasteiger partial charge in [-0.3, -0.25) is 0 Å². The highest BCUT2D eigenvalue weighted by Gasteiger charge is 2.84. The van der Waals surface area contributed by atoms with Gasteiger partial charge in [-0.2, -0.15) is 0 Å². The molecule has 2 aliphatic carbocycles. The summed E-state index contributed by atoms with van der Waals surface area (Å²) in [4.78, 5) is 0. The number of epoxide rings is 2. The van der Waals surface area contributed by atoms with Crippen molar-refractivity contribution in [3.05, 3.63) is 11.6 Å². The molecule has 4 heteroatoms. The Morgan fingerprint density at radius 1 is 1.32 bits per heavy atom. The first-order valence-electron chi connectivity index (χ1n) is 7.26. The Balaban J connectivity index is 1.73. The van der Waals surface area contributed by atoms with Crippen LogP contribution in [0.4, 0.5) is 0 Å². The number of hydrogen-bond acceptors (Lipinski definition) is 4. The molecule has 3 aliphatic heterocycles. The summed E-state index contributed by atoms with van der Waals surface area (Å²) in [6.07, 6.45) is 3.00. The van der Waals surface area contributed by atoms with E-state index in [-0.39, 0.29) is 47.0 Å². The molecule has 1 spiro atoms. The zero-order valence-electron chi connectivity index (χ0n) is 11.6. The fourth-order valence-corrected chi connectivity index (χ4v) is 5.32. The van der Waals surface area contributed by atoms with Crippen molar-refractivity contribution >= 4 is 0 Å². The first kappa shape index (κ1) is 11.3. The molecular formula is C15H20O4. The lowest BCUT2D eigenvalue weighted by Crippen LogP contribution is -2.66. The molecule has 0 amide bonds. The van der Waals surface area contributed by atoms with Crippen LogP contribution in [-0.2, 0) is 14.2 Å². The van der Waals surface area contributed by atoms with Crippen LogP contribution >= 0.6 is 0 Å². The predicted molar refractivity (Wildman–Crippen MR) is 66.6 cm³/mol. The molecule has 1 saturated carbocycles. The third-order valence-electron chi connectivity index (χ3n) is 6.92. The maximum Gasteiger partial charge on any atom is 0.126 e. The summed E-state index contributed by atoms with van der Waals surface area (Å²) in [5.74, 6) is 0. The molecule has 5 aliphatic rings. The van der Waals surface area contributed by atoms with Crippen LogP contribution in [0.15, 0.2) is 11.6 Å². The minimum atomic E-state index is -0.369. The lowest BCUT2D eigenvalue weighted by Gasteiger charge is -2.56. The van der Waals surface area contributed by atoms with E-state index in [1.807, 2.05) is 0 Å². The zero-order chi connectivity index (χ0) is 13.2. The molecule has 0 aromatic carbocycles. The van der Waals surface area contributed by atoms with Crippen LogP contribution in [0.25, 0.3) is 0 Å². The summed E-state index contributed by atoms with van der Waals surface area (Å²) < 4.78 is 18.1. The number of hydrogen-bond donors (Lipinski definition) is 1. The highest BCUT2D eigenvalue weighted by molar-refractivity contribution is 5.38. The Bertz CT molecular complexity index is 510. The molecule has 0 radical (unpaired) electrons. The Morgan fingerprint density at radius 3 is 2.74 bits per heavy atom. The summed E-state index contributed by atoms with van der Waals surface area (Å²) in [6.45, 7) is 7.24. The summed E-state index contributed by atoms with van der Waals surface area (Å²) >= 11 is 0. The molecule has 2 bridgehead atoms. The van der Waals surface area contributed by atoms with Crippen molar-refractivity contribution in [2.24, 2.45) is 10.8 Å². The maximum atomic E-state index is 10.7. The van der Waals surface area contributed by atoms with Gasteiger partial charge in [0.1, 0.15) is 11.7 Å². The molecule has 0 aromatic rings. The fraction of sp³-hybridized carbons (Fsp3) is 0.867. The van der Waals surface area contributed by atoms with Crippen molar-refractivity contribution in [1.29, 1.82) is 0 Å². The largest absolute Gasteiger partial charge is 0.392 e. The number of fused-ring (bicyclic) bond motifs is 4. The molecule has 104 valence electrons. The molecule has 1 N–H and O–H groups in total. The molecule has 5 rings (SSSR count). The van der Waals surface area contributed by atoms with Gasteiger partial charge in [0.2, 0.25) is 0 Å². The Kier molecular flexibility index (Phi) is 1.66. The number of rotatable bonds is 0. The van der Waals surface area contributed by atoms with E-state index in [0.29, 0.717) is 13.0 Å². The fourth-order valence-electron chi connectivity index (χ4n) is 5.32. The van der Waals surface area contributed by atoms with Crippen LogP contribution in [0.1, 0.15) is 27.2 Å². The number of ether oxygens (including phenoxy) is 3. The van der Waals surface area contributed by atoms with E-state index in [0.717, 1.165) is 0 Å². The zero-order valence-corrected chi connectivity index (χ0v) is 11.6. The Labute approximate surface area is 112 Å². The van der Waals surface area contributed by atoms with Crippen molar-refractivity contribution in [1.82, 2.24) is 0 Å². The van der Waals surface area contributed by atoms with E-state index in [2.05, 4.69) is 26.8 Å². The van der Waals surface area contributed by atoms with Crippen molar-refractivity contribution in [2.75, 3.05) is 6.61 Å². The van der Waals surface area contributed by atoms with E-state index in [4.69, 9.17) is 14.2 Å². The van der Waals surface area contributed by atoms with E-state index in [1.165, 1.54) is 5.57 Å². The van der Waals surface area contributed by atoms with Crippen LogP contribution in [-0.4, -0.2) is 47.8 Å². The van der Waals surface area contributed by atoms with Gasteiger partial charge in [0, 0.05) is 17.3 Å². The van der Waals surface area contributed by atoms with E-state index in [1.54, 1.807) is 0 Å². The molecule has 8 atom stereocenters. The third-order valence-corrected chi connectivity index (χ3v) is 6.92. The van der Waals surface area contributed by atoms with Crippen molar-refractivity contribution < 1.29 is 19.3 Å². The summed E-state index contributed by atoms with van der Waals surface area (Å²) in [5.41, 5.74) is 0.537. The summed E-state index contributed by atoms with van der Waals surface area (Å²) in [7, 11) is 0. The SMILES string of the molecule is CC1=C[C@H]2O[C@@H]3C[C@@H](O)[C@@](C)(C34CO4)[C@@]2(C)[C@@H]2O[C@H]12. The van der Waals surface area contributed by atoms with E-state index >= 15 is 0 Å². The normalized spacial score (nSPS) is 68.4. The summed E-state index contributed by atoms with van der Waals surface area (Å²) in [6, 6.07) is 0. The van der Waals surface area contributed by atoms with Crippen LogP contribution in [0.3, 0.4) is 0 Å². The average Bonchev–Trinajstić information content (AvgIpc) is 3.22. The molecule has 1 unspecified atom stereocenters. The quantitative estimate of drug-likeness (QED) is 0.524. The van der Waals surface area contributed by atoms with E-state index in [9.17, 15) is 5.11 Å². The topological polar surface area (TPSA) is 54.5 Å². The third kappa shape index (κ3) is 0.907. The van der Waals surface area contributed by atoms with Gasteiger partial charge in [0.05, 0.1) is 31.0 Å². The van der Waals surface area contributed by atoms with Crippen LogP contribution in [0, 0.1) is 10.8 Å². The standard InChI is InChI=1S/C15H20O4/c1-7-4-9-13(2,12-11(7)19-12)14(3)8(16)5-10(18-9)15(14)6-17-15/h4,8-12,16H,5-6H2,1-3H3/t8-,9-,10-,11-,12-,13-,14-,15?/m1/s1. The van der Waals surface area contributed by atoms with Crippen LogP contribution in [0.5, 0.6) is 0 Å². The second kappa shape index (κ2) is 2.80. The maximum absolute atomic E-state index is 10.7. The second-order valence-corrected chi connectivity index (χ2v) is 7.35. The number of aliphatic hydroxyl groups excluding tert-OH is 1. The van der Waals surface area contributed by atoms with Gasteiger partial charge in [-0.05, 0) is 12.5 Å². The Morgan fingerprint density at radius 2 is 2.05 bits per heavy atom. The lowest BCUT2D eigenvalue weighted by atomic mass is 9.52. The van der Waals surface area contributed by atoms with Gasteiger partial charge in [0.15, 0.2) is 0 Å².